The quantitative estimate of drug-likeness (QED) is 0.862. The smallest absolute Gasteiger partial charge is 0.228 e. The first-order valence-corrected chi connectivity index (χ1v) is 5.58. The Bertz CT molecular complexity index is 549. The van der Waals surface area contributed by atoms with Gasteiger partial charge >= 0.3 is 0 Å². The molecule has 0 saturated carbocycles. The zero-order valence-corrected chi connectivity index (χ0v) is 10.7. The number of rotatable bonds is 4. The van der Waals surface area contributed by atoms with Crippen molar-refractivity contribution in [2.45, 2.75) is 0 Å². The average molecular weight is 266 g/mol. The van der Waals surface area contributed by atoms with Crippen molar-refractivity contribution < 1.29 is 9.47 Å². The van der Waals surface area contributed by atoms with E-state index in [1.54, 1.807) is 38.6 Å². The van der Waals surface area contributed by atoms with Crippen LogP contribution in [0.2, 0.25) is 5.15 Å². The maximum atomic E-state index is 5.78. The van der Waals surface area contributed by atoms with Crippen LogP contribution in [0.4, 0.5) is 11.6 Å². The van der Waals surface area contributed by atoms with Crippen molar-refractivity contribution in [1.82, 2.24) is 9.97 Å². The molecule has 1 heterocycles. The summed E-state index contributed by atoms with van der Waals surface area (Å²) in [5.74, 6) is 1.72. The van der Waals surface area contributed by atoms with Crippen molar-refractivity contribution in [1.29, 1.82) is 0 Å². The van der Waals surface area contributed by atoms with E-state index in [1.165, 1.54) is 0 Å². The Balaban J connectivity index is 2.24. The number of ether oxygens (including phenoxy) is 2. The molecule has 0 aliphatic rings. The van der Waals surface area contributed by atoms with Crippen molar-refractivity contribution in [2.24, 2.45) is 0 Å². The summed E-state index contributed by atoms with van der Waals surface area (Å²) in [6.45, 7) is 0. The minimum absolute atomic E-state index is 0.382. The van der Waals surface area contributed by atoms with Crippen molar-refractivity contribution in [3.8, 4) is 11.5 Å². The normalized spacial score (nSPS) is 9.94. The molecule has 1 aromatic carbocycles. The minimum atomic E-state index is 0.382. The average Bonchev–Trinajstić information content (AvgIpc) is 2.38. The second-order valence-electron chi connectivity index (χ2n) is 3.40. The summed E-state index contributed by atoms with van der Waals surface area (Å²) >= 11 is 5.78. The number of benzene rings is 1. The SMILES string of the molecule is COc1ccc(Nc2nccc(Cl)n2)cc1OC. The molecular weight excluding hydrogens is 254 g/mol. The number of nitrogens with zero attached hydrogens (tertiary/aromatic N) is 2. The lowest BCUT2D eigenvalue weighted by Gasteiger charge is -2.10. The molecule has 2 rings (SSSR count). The molecule has 0 amide bonds. The van der Waals surface area contributed by atoms with Crippen LogP contribution in [0, 0.1) is 0 Å². The van der Waals surface area contributed by atoms with Crippen LogP contribution in [-0.4, -0.2) is 24.2 Å². The molecule has 0 radical (unpaired) electrons. The zero-order valence-electron chi connectivity index (χ0n) is 9.98. The maximum absolute atomic E-state index is 5.78. The van der Waals surface area contributed by atoms with Gasteiger partial charge in [-0.2, -0.15) is 0 Å². The molecular formula is C12H12ClN3O2. The zero-order chi connectivity index (χ0) is 13.0. The molecule has 0 bridgehead atoms. The first-order valence-electron chi connectivity index (χ1n) is 5.20. The van der Waals surface area contributed by atoms with Crippen molar-refractivity contribution in [3.63, 3.8) is 0 Å². The molecule has 0 aliphatic carbocycles. The molecule has 0 unspecified atom stereocenters. The van der Waals surface area contributed by atoms with E-state index < -0.39 is 0 Å². The van der Waals surface area contributed by atoms with E-state index in [9.17, 15) is 0 Å². The lowest BCUT2D eigenvalue weighted by Crippen LogP contribution is -1.97. The predicted octanol–water partition coefficient (Wildman–Crippen LogP) is 2.89. The van der Waals surface area contributed by atoms with E-state index in [0.717, 1.165) is 5.69 Å². The fourth-order valence-electron chi connectivity index (χ4n) is 1.44. The lowest BCUT2D eigenvalue weighted by atomic mass is 10.3. The fraction of sp³-hybridized carbons (Fsp3) is 0.167. The number of nitrogens with one attached hydrogen (secondary N) is 1. The van der Waals surface area contributed by atoms with E-state index in [4.69, 9.17) is 21.1 Å². The van der Waals surface area contributed by atoms with Gasteiger partial charge in [0.05, 0.1) is 14.2 Å². The molecule has 0 saturated heterocycles. The second kappa shape index (κ2) is 5.55. The van der Waals surface area contributed by atoms with Gasteiger partial charge in [-0.1, -0.05) is 11.6 Å². The molecule has 6 heteroatoms. The van der Waals surface area contributed by atoms with Crippen LogP contribution >= 0.6 is 11.6 Å². The van der Waals surface area contributed by atoms with Gasteiger partial charge in [-0.3, -0.25) is 0 Å². The predicted molar refractivity (Wildman–Crippen MR) is 69.9 cm³/mol. The number of methoxy groups -OCH3 is 2. The summed E-state index contributed by atoms with van der Waals surface area (Å²) in [6.07, 6.45) is 1.58. The summed E-state index contributed by atoms with van der Waals surface area (Å²) in [5, 5.41) is 3.41. The second-order valence-corrected chi connectivity index (χ2v) is 3.78. The van der Waals surface area contributed by atoms with Crippen LogP contribution in [0.25, 0.3) is 0 Å². The van der Waals surface area contributed by atoms with Crippen LogP contribution in [-0.2, 0) is 0 Å². The minimum Gasteiger partial charge on any atom is -0.493 e. The summed E-state index contributed by atoms with van der Waals surface area (Å²) in [4.78, 5) is 8.09. The Morgan fingerprint density at radius 3 is 2.56 bits per heavy atom. The van der Waals surface area contributed by atoms with Gasteiger partial charge < -0.3 is 14.8 Å². The third kappa shape index (κ3) is 2.81. The standard InChI is InChI=1S/C12H12ClN3O2/c1-17-9-4-3-8(7-10(9)18-2)15-12-14-6-5-11(13)16-12/h3-7H,1-2H3,(H,14,15,16). The molecule has 2 aromatic rings. The van der Waals surface area contributed by atoms with Crippen LogP contribution in [0.5, 0.6) is 11.5 Å². The van der Waals surface area contributed by atoms with E-state index in [-0.39, 0.29) is 0 Å². The number of hydrogen-bond donors (Lipinski definition) is 1. The molecule has 1 N–H and O–H groups in total. The Morgan fingerprint density at radius 2 is 1.89 bits per heavy atom. The monoisotopic (exact) mass is 265 g/mol. The van der Waals surface area contributed by atoms with Crippen LogP contribution in [0.1, 0.15) is 0 Å². The molecule has 94 valence electrons. The summed E-state index contributed by atoms with van der Waals surface area (Å²) < 4.78 is 10.4. The van der Waals surface area contributed by atoms with E-state index in [0.29, 0.717) is 22.6 Å². The van der Waals surface area contributed by atoms with Gasteiger partial charge in [0.25, 0.3) is 0 Å². The third-order valence-corrected chi connectivity index (χ3v) is 2.47. The Morgan fingerprint density at radius 1 is 1.11 bits per heavy atom. The fourth-order valence-corrected chi connectivity index (χ4v) is 1.58. The number of halogens is 1. The first-order chi connectivity index (χ1) is 8.72. The van der Waals surface area contributed by atoms with Crippen molar-refractivity contribution in [2.75, 3.05) is 19.5 Å². The highest BCUT2D eigenvalue weighted by Crippen LogP contribution is 2.30. The molecule has 18 heavy (non-hydrogen) atoms. The Kier molecular flexibility index (Phi) is 3.84. The molecule has 1 aromatic heterocycles. The van der Waals surface area contributed by atoms with Crippen LogP contribution < -0.4 is 14.8 Å². The van der Waals surface area contributed by atoms with E-state index in [1.807, 2.05) is 6.07 Å². The number of hydrogen-bond acceptors (Lipinski definition) is 5. The Labute approximate surface area is 110 Å². The lowest BCUT2D eigenvalue weighted by molar-refractivity contribution is 0.355. The molecule has 5 nitrogen and oxygen atoms in total. The highest BCUT2D eigenvalue weighted by atomic mass is 35.5. The van der Waals surface area contributed by atoms with Crippen molar-refractivity contribution in [3.05, 3.63) is 35.6 Å². The van der Waals surface area contributed by atoms with Crippen LogP contribution in [0.3, 0.4) is 0 Å². The van der Waals surface area contributed by atoms with Crippen molar-refractivity contribution >= 4 is 23.2 Å². The summed E-state index contributed by atoms with van der Waals surface area (Å²) in [7, 11) is 3.17. The highest BCUT2D eigenvalue weighted by molar-refractivity contribution is 6.29. The maximum Gasteiger partial charge on any atom is 0.228 e. The topological polar surface area (TPSA) is 56.3 Å². The molecule has 0 spiro atoms. The number of anilines is 2. The Hall–Kier alpha value is -2.01. The van der Waals surface area contributed by atoms with Crippen LogP contribution in [0.15, 0.2) is 30.5 Å². The van der Waals surface area contributed by atoms with E-state index in [2.05, 4.69) is 15.3 Å². The van der Waals surface area contributed by atoms with Gasteiger partial charge in [0, 0.05) is 18.0 Å². The number of aromatic nitrogens is 2. The summed E-state index contributed by atoms with van der Waals surface area (Å²) in [5.41, 5.74) is 0.787. The van der Waals surface area contributed by atoms with Gasteiger partial charge in [-0.05, 0) is 18.2 Å². The first kappa shape index (κ1) is 12.4. The largest absolute Gasteiger partial charge is 0.493 e. The highest BCUT2D eigenvalue weighted by Gasteiger charge is 2.05. The van der Waals surface area contributed by atoms with Gasteiger partial charge in [0.1, 0.15) is 5.15 Å². The van der Waals surface area contributed by atoms with Gasteiger partial charge in [0.15, 0.2) is 11.5 Å². The third-order valence-electron chi connectivity index (χ3n) is 2.26. The summed E-state index contributed by atoms with van der Waals surface area (Å²) in [6, 6.07) is 7.04. The molecule has 0 fully saturated rings. The van der Waals surface area contributed by atoms with Gasteiger partial charge in [0.2, 0.25) is 5.95 Å². The molecule has 0 atom stereocenters. The van der Waals surface area contributed by atoms with E-state index >= 15 is 0 Å². The van der Waals surface area contributed by atoms with Gasteiger partial charge in [-0.25, -0.2) is 9.97 Å². The molecule has 0 aliphatic heterocycles. The van der Waals surface area contributed by atoms with Gasteiger partial charge in [-0.15, -0.1) is 0 Å².